The first-order valence-corrected chi connectivity index (χ1v) is 9.45. The van der Waals surface area contributed by atoms with Gasteiger partial charge < -0.3 is 20.1 Å². The van der Waals surface area contributed by atoms with Crippen LogP contribution in [0.1, 0.15) is 17.5 Å². The highest BCUT2D eigenvalue weighted by Gasteiger charge is 2.57. The van der Waals surface area contributed by atoms with Gasteiger partial charge in [0.25, 0.3) is 0 Å². The molecule has 2 aromatic carbocycles. The number of hydrogen-bond donors (Lipinski definition) is 2. The highest BCUT2D eigenvalue weighted by Crippen LogP contribution is 2.50. The lowest BCUT2D eigenvalue weighted by molar-refractivity contribution is -0.116. The molecule has 5 nitrogen and oxygen atoms in total. The van der Waals surface area contributed by atoms with Crippen LogP contribution in [0.25, 0.3) is 0 Å². The Labute approximate surface area is 160 Å². The van der Waals surface area contributed by atoms with E-state index in [0.717, 1.165) is 17.5 Å². The molecule has 2 fully saturated rings. The van der Waals surface area contributed by atoms with Crippen molar-refractivity contribution < 1.29 is 14.6 Å². The first kappa shape index (κ1) is 17.9. The number of aliphatic hydroxyl groups is 1. The number of benzene rings is 2. The minimum Gasteiger partial charge on any atom is -0.495 e. The van der Waals surface area contributed by atoms with Crippen molar-refractivity contribution in [2.24, 2.45) is 11.8 Å². The molecule has 5 heteroatoms. The Bertz CT molecular complexity index is 839. The molecule has 2 amide bonds. The van der Waals surface area contributed by atoms with Gasteiger partial charge in [-0.3, -0.25) is 0 Å². The van der Waals surface area contributed by atoms with Crippen LogP contribution in [-0.2, 0) is 6.42 Å². The first-order valence-electron chi connectivity index (χ1n) is 9.45. The number of hydrogen-bond acceptors (Lipinski definition) is 3. The minimum atomic E-state index is -0.706. The Morgan fingerprint density at radius 2 is 2.04 bits per heavy atom. The van der Waals surface area contributed by atoms with Crippen LogP contribution in [0.2, 0.25) is 0 Å². The fourth-order valence-corrected chi connectivity index (χ4v) is 4.56. The van der Waals surface area contributed by atoms with Gasteiger partial charge in [-0.1, -0.05) is 36.4 Å². The molecule has 0 unspecified atom stereocenters. The van der Waals surface area contributed by atoms with E-state index in [4.69, 9.17) is 4.74 Å². The number of amides is 2. The predicted octanol–water partition coefficient (Wildman–Crippen LogP) is 3.46. The van der Waals surface area contributed by atoms with Crippen molar-refractivity contribution >= 4 is 11.7 Å². The van der Waals surface area contributed by atoms with Gasteiger partial charge in [0.2, 0.25) is 0 Å². The number of urea groups is 1. The number of fused-ring (bicyclic) bond motifs is 1. The molecule has 1 saturated heterocycles. The normalized spacial score (nSPS) is 26.3. The summed E-state index contributed by atoms with van der Waals surface area (Å²) in [5.41, 5.74) is 2.18. The van der Waals surface area contributed by atoms with Gasteiger partial charge in [0, 0.05) is 25.4 Å². The van der Waals surface area contributed by atoms with Crippen LogP contribution in [-0.4, -0.2) is 41.8 Å². The number of methoxy groups -OCH3 is 1. The van der Waals surface area contributed by atoms with E-state index in [1.54, 1.807) is 7.11 Å². The fraction of sp³-hybridized carbons (Fsp3) is 0.409. The number of anilines is 1. The molecule has 1 heterocycles. The largest absolute Gasteiger partial charge is 0.495 e. The quantitative estimate of drug-likeness (QED) is 0.871. The molecule has 1 saturated carbocycles. The van der Waals surface area contributed by atoms with E-state index >= 15 is 0 Å². The van der Waals surface area contributed by atoms with E-state index in [1.165, 1.54) is 0 Å². The Kier molecular flexibility index (Phi) is 4.56. The van der Waals surface area contributed by atoms with E-state index < -0.39 is 5.60 Å². The summed E-state index contributed by atoms with van der Waals surface area (Å²) in [5, 5.41) is 14.0. The van der Waals surface area contributed by atoms with Gasteiger partial charge in [0.15, 0.2) is 0 Å². The molecule has 0 spiro atoms. The lowest BCUT2D eigenvalue weighted by Gasteiger charge is -2.48. The topological polar surface area (TPSA) is 61.8 Å². The molecule has 2 aliphatic rings. The SMILES string of the molecule is COc1ccc(C)cc1NC(=O)N1C[C@H]2C[C@](O)(Cc3ccccc3)[C@H]2C1. The van der Waals surface area contributed by atoms with Gasteiger partial charge in [-0.25, -0.2) is 4.79 Å². The molecule has 2 N–H and O–H groups in total. The number of likely N-dealkylation sites (tertiary alicyclic amines) is 1. The maximum Gasteiger partial charge on any atom is 0.321 e. The Hall–Kier alpha value is -2.53. The highest BCUT2D eigenvalue weighted by atomic mass is 16.5. The summed E-state index contributed by atoms with van der Waals surface area (Å²) in [5.74, 6) is 1.17. The van der Waals surface area contributed by atoms with Gasteiger partial charge in [0.1, 0.15) is 5.75 Å². The zero-order valence-corrected chi connectivity index (χ0v) is 15.8. The molecule has 0 aromatic heterocycles. The number of nitrogens with one attached hydrogen (secondary N) is 1. The Balaban J connectivity index is 1.41. The lowest BCUT2D eigenvalue weighted by atomic mass is 9.61. The van der Waals surface area contributed by atoms with Crippen molar-refractivity contribution in [3.8, 4) is 5.75 Å². The van der Waals surface area contributed by atoms with Crippen molar-refractivity contribution in [2.75, 3.05) is 25.5 Å². The number of carbonyl (C=O) groups is 1. The second-order valence-electron chi connectivity index (χ2n) is 7.88. The highest BCUT2D eigenvalue weighted by molar-refractivity contribution is 5.91. The number of rotatable bonds is 4. The molecule has 0 radical (unpaired) electrons. The van der Waals surface area contributed by atoms with Crippen LogP contribution in [0.4, 0.5) is 10.5 Å². The van der Waals surface area contributed by atoms with Crippen LogP contribution in [0, 0.1) is 18.8 Å². The van der Waals surface area contributed by atoms with Gasteiger partial charge in [-0.15, -0.1) is 0 Å². The molecular formula is C22H26N2O3. The van der Waals surface area contributed by atoms with Crippen molar-refractivity contribution in [1.29, 1.82) is 0 Å². The van der Waals surface area contributed by atoms with Crippen molar-refractivity contribution in [1.82, 2.24) is 4.90 Å². The standard InChI is InChI=1S/C22H26N2O3/c1-15-8-9-20(27-2)19(10-15)23-21(25)24-13-17-12-22(26,18(17)14-24)11-16-6-4-3-5-7-16/h3-10,17-18,26H,11-14H2,1-2H3,(H,23,25)/t17-,18+,22-/m1/s1. The maximum atomic E-state index is 12.8. The molecule has 142 valence electrons. The van der Waals surface area contributed by atoms with Gasteiger partial charge in [-0.2, -0.15) is 0 Å². The lowest BCUT2D eigenvalue weighted by Crippen LogP contribution is -2.55. The third-order valence-electron chi connectivity index (χ3n) is 5.98. The predicted molar refractivity (Wildman–Crippen MR) is 105 cm³/mol. The minimum absolute atomic E-state index is 0.129. The fourth-order valence-electron chi connectivity index (χ4n) is 4.56. The second-order valence-corrected chi connectivity index (χ2v) is 7.88. The van der Waals surface area contributed by atoms with Crippen molar-refractivity contribution in [2.45, 2.75) is 25.4 Å². The first-order chi connectivity index (χ1) is 13.0. The zero-order valence-electron chi connectivity index (χ0n) is 15.8. The van der Waals surface area contributed by atoms with Crippen molar-refractivity contribution in [3.63, 3.8) is 0 Å². The van der Waals surface area contributed by atoms with E-state index in [9.17, 15) is 9.90 Å². The van der Waals surface area contributed by atoms with Crippen LogP contribution in [0.15, 0.2) is 48.5 Å². The average molecular weight is 366 g/mol. The summed E-state index contributed by atoms with van der Waals surface area (Å²) >= 11 is 0. The average Bonchev–Trinajstić information content (AvgIpc) is 3.02. The molecular weight excluding hydrogens is 340 g/mol. The van der Waals surface area contributed by atoms with E-state index in [-0.39, 0.29) is 11.9 Å². The van der Waals surface area contributed by atoms with E-state index in [1.807, 2.05) is 48.2 Å². The number of nitrogens with zero attached hydrogens (tertiary/aromatic N) is 1. The molecule has 0 bridgehead atoms. The zero-order chi connectivity index (χ0) is 19.0. The summed E-state index contributed by atoms with van der Waals surface area (Å²) in [7, 11) is 1.60. The van der Waals surface area contributed by atoms with Crippen LogP contribution < -0.4 is 10.1 Å². The molecule has 2 aromatic rings. The van der Waals surface area contributed by atoms with Gasteiger partial charge in [-0.05, 0) is 42.5 Å². The third kappa shape index (κ3) is 3.39. The van der Waals surface area contributed by atoms with E-state index in [2.05, 4.69) is 17.4 Å². The number of ether oxygens (including phenoxy) is 1. The van der Waals surface area contributed by atoms with Crippen LogP contribution in [0.3, 0.4) is 0 Å². The Morgan fingerprint density at radius 3 is 2.78 bits per heavy atom. The van der Waals surface area contributed by atoms with Gasteiger partial charge >= 0.3 is 6.03 Å². The van der Waals surface area contributed by atoms with Gasteiger partial charge in [0.05, 0.1) is 18.4 Å². The molecule has 1 aliphatic carbocycles. The second kappa shape index (κ2) is 6.89. The molecule has 3 atom stereocenters. The Morgan fingerprint density at radius 1 is 1.26 bits per heavy atom. The number of aryl methyl sites for hydroxylation is 1. The van der Waals surface area contributed by atoms with Crippen LogP contribution in [0.5, 0.6) is 5.75 Å². The molecule has 4 rings (SSSR count). The van der Waals surface area contributed by atoms with E-state index in [0.29, 0.717) is 36.9 Å². The molecule has 27 heavy (non-hydrogen) atoms. The summed E-state index contributed by atoms with van der Waals surface area (Å²) in [4.78, 5) is 14.6. The smallest absolute Gasteiger partial charge is 0.321 e. The summed E-state index contributed by atoms with van der Waals surface area (Å²) in [6, 6.07) is 15.7. The molecule has 1 aliphatic heterocycles. The maximum absolute atomic E-state index is 12.8. The monoisotopic (exact) mass is 366 g/mol. The third-order valence-corrected chi connectivity index (χ3v) is 5.98. The van der Waals surface area contributed by atoms with Crippen molar-refractivity contribution in [3.05, 3.63) is 59.7 Å². The summed E-state index contributed by atoms with van der Waals surface area (Å²) < 4.78 is 5.34. The van der Waals surface area contributed by atoms with Crippen LogP contribution >= 0.6 is 0 Å². The number of carbonyl (C=O) groups excluding carboxylic acids is 1. The summed E-state index contributed by atoms with van der Waals surface area (Å²) in [6.07, 6.45) is 1.40. The summed E-state index contributed by atoms with van der Waals surface area (Å²) in [6.45, 7) is 3.27.